The van der Waals surface area contributed by atoms with Crippen LogP contribution in [0.3, 0.4) is 0 Å². The van der Waals surface area contributed by atoms with Gasteiger partial charge in [-0.25, -0.2) is 12.8 Å². The molecule has 0 spiro atoms. The Labute approximate surface area is 225 Å². The molecule has 8 heteroatoms. The quantitative estimate of drug-likeness (QED) is 0.430. The van der Waals surface area contributed by atoms with E-state index < -0.39 is 15.4 Å². The third kappa shape index (κ3) is 4.85. The van der Waals surface area contributed by atoms with Crippen molar-refractivity contribution in [3.63, 3.8) is 0 Å². The van der Waals surface area contributed by atoms with E-state index in [-0.39, 0.29) is 23.3 Å². The molecule has 1 unspecified atom stereocenters. The Bertz CT molecular complexity index is 1440. The van der Waals surface area contributed by atoms with E-state index in [1.54, 1.807) is 16.4 Å². The number of aromatic nitrogens is 2. The zero-order valence-electron chi connectivity index (χ0n) is 22.8. The number of H-pyrrole nitrogens is 1. The van der Waals surface area contributed by atoms with Gasteiger partial charge < -0.3 is 5.32 Å². The number of fused-ring (bicyclic) bond motifs is 2. The van der Waals surface area contributed by atoms with Gasteiger partial charge in [-0.3, -0.25) is 5.10 Å². The van der Waals surface area contributed by atoms with Crippen molar-refractivity contribution in [2.45, 2.75) is 69.9 Å². The summed E-state index contributed by atoms with van der Waals surface area (Å²) >= 11 is 0. The summed E-state index contributed by atoms with van der Waals surface area (Å²) in [6.45, 7) is 11.2. The fraction of sp³-hybridized carbons (Fsp3) is 0.433. The molecule has 1 aromatic heterocycles. The summed E-state index contributed by atoms with van der Waals surface area (Å²) in [5, 5.41) is 11.1. The SMILES string of the molecule is CC(C)NC(c1ccc(F)cc1)[C@@]12Cc3cn[nH]c3C=C1CCN(S(=O)(=O)c1ccc(C(C)(C)C)cc1)C2. The second-order valence-electron chi connectivity index (χ2n) is 12.0. The fourth-order valence-corrected chi connectivity index (χ4v) is 7.41. The first-order valence-electron chi connectivity index (χ1n) is 13.3. The van der Waals surface area contributed by atoms with Crippen molar-refractivity contribution in [1.82, 2.24) is 19.8 Å². The minimum Gasteiger partial charge on any atom is -0.307 e. The summed E-state index contributed by atoms with van der Waals surface area (Å²) in [5.74, 6) is -0.294. The van der Waals surface area contributed by atoms with Crippen molar-refractivity contribution >= 4 is 16.1 Å². The average molecular weight is 537 g/mol. The van der Waals surface area contributed by atoms with Crippen LogP contribution in [0.15, 0.2) is 65.2 Å². The highest BCUT2D eigenvalue weighted by Gasteiger charge is 2.50. The van der Waals surface area contributed by atoms with Crippen LogP contribution in [0.5, 0.6) is 0 Å². The maximum Gasteiger partial charge on any atom is 0.243 e. The normalized spacial score (nSPS) is 21.1. The van der Waals surface area contributed by atoms with Gasteiger partial charge in [-0.05, 0) is 65.3 Å². The molecule has 1 saturated heterocycles. The number of hydrogen-bond acceptors (Lipinski definition) is 4. The predicted octanol–water partition coefficient (Wildman–Crippen LogP) is 5.61. The summed E-state index contributed by atoms with van der Waals surface area (Å²) in [6.07, 6.45) is 5.21. The number of hydrogen-bond donors (Lipinski definition) is 2. The Morgan fingerprint density at radius 3 is 2.39 bits per heavy atom. The summed E-state index contributed by atoms with van der Waals surface area (Å²) in [4.78, 5) is 0.308. The maximum atomic E-state index is 14.0. The number of rotatable bonds is 6. The zero-order chi connectivity index (χ0) is 27.3. The molecular weight excluding hydrogens is 499 g/mol. The molecule has 2 heterocycles. The number of piperidine rings is 1. The van der Waals surface area contributed by atoms with Crippen molar-refractivity contribution < 1.29 is 12.8 Å². The van der Waals surface area contributed by atoms with Crippen molar-refractivity contribution in [2.75, 3.05) is 13.1 Å². The van der Waals surface area contributed by atoms with Crippen LogP contribution in [0.4, 0.5) is 4.39 Å². The molecule has 38 heavy (non-hydrogen) atoms. The second kappa shape index (κ2) is 9.74. The minimum atomic E-state index is -3.73. The van der Waals surface area contributed by atoms with Crippen LogP contribution in [0.25, 0.3) is 6.08 Å². The summed E-state index contributed by atoms with van der Waals surface area (Å²) in [6, 6.07) is 13.8. The molecular formula is C30H37FN4O2S. The lowest BCUT2D eigenvalue weighted by atomic mass is 9.63. The van der Waals surface area contributed by atoms with Gasteiger partial charge in [-0.1, -0.05) is 64.5 Å². The lowest BCUT2D eigenvalue weighted by molar-refractivity contribution is 0.146. The van der Waals surface area contributed by atoms with Gasteiger partial charge in [0.1, 0.15) is 5.82 Å². The molecule has 3 aromatic rings. The molecule has 0 saturated carbocycles. The molecule has 1 aliphatic carbocycles. The monoisotopic (exact) mass is 536 g/mol. The number of benzene rings is 2. The molecule has 2 N–H and O–H groups in total. The molecule has 5 rings (SSSR count). The molecule has 0 amide bonds. The van der Waals surface area contributed by atoms with Crippen molar-refractivity contribution in [3.8, 4) is 0 Å². The lowest BCUT2D eigenvalue weighted by Gasteiger charge is -2.51. The van der Waals surface area contributed by atoms with Crippen molar-refractivity contribution in [3.05, 3.63) is 88.5 Å². The van der Waals surface area contributed by atoms with Crippen LogP contribution in [0, 0.1) is 11.2 Å². The number of nitrogens with zero attached hydrogens (tertiary/aromatic N) is 2. The number of aromatic amines is 1. The minimum absolute atomic E-state index is 0.0630. The van der Waals surface area contributed by atoms with E-state index in [4.69, 9.17) is 0 Å². The van der Waals surface area contributed by atoms with Gasteiger partial charge in [0.25, 0.3) is 0 Å². The smallest absolute Gasteiger partial charge is 0.243 e. The standard InChI is InChI=1S/C30H37FN4O2S/c1-20(2)33-28(21-6-10-25(31)11-7-21)30-17-22-18-32-34-27(22)16-24(30)14-15-35(19-30)38(36,37)26-12-8-23(9-13-26)29(3,4)5/h6-13,16,18,20,28,33H,14-15,17,19H2,1-5H3,(H,32,34)/t28?,30-/m1/s1. The summed E-state index contributed by atoms with van der Waals surface area (Å²) < 4.78 is 43.6. The van der Waals surface area contributed by atoms with Gasteiger partial charge >= 0.3 is 0 Å². The predicted molar refractivity (Wildman–Crippen MR) is 149 cm³/mol. The van der Waals surface area contributed by atoms with Gasteiger partial charge in [0.2, 0.25) is 10.0 Å². The summed E-state index contributed by atoms with van der Waals surface area (Å²) in [5.41, 5.74) is 4.63. The zero-order valence-corrected chi connectivity index (χ0v) is 23.6. The van der Waals surface area contributed by atoms with E-state index in [2.05, 4.69) is 56.2 Å². The number of sulfonamides is 1. The Kier molecular flexibility index (Phi) is 6.86. The molecule has 1 fully saturated rings. The second-order valence-corrected chi connectivity index (χ2v) is 13.9. The molecule has 202 valence electrons. The molecule has 2 aliphatic rings. The Morgan fingerprint density at radius 1 is 1.08 bits per heavy atom. The van der Waals surface area contributed by atoms with Crippen LogP contribution < -0.4 is 5.32 Å². The highest BCUT2D eigenvalue weighted by Crippen LogP contribution is 2.52. The third-order valence-corrected chi connectivity index (χ3v) is 9.78. The maximum absolute atomic E-state index is 14.0. The summed E-state index contributed by atoms with van der Waals surface area (Å²) in [7, 11) is -3.73. The van der Waals surface area contributed by atoms with Crippen LogP contribution in [0.1, 0.15) is 69.5 Å². The molecule has 2 atom stereocenters. The van der Waals surface area contributed by atoms with Crippen LogP contribution in [-0.4, -0.2) is 42.1 Å². The Morgan fingerprint density at radius 2 is 1.76 bits per heavy atom. The number of nitrogens with one attached hydrogen (secondary N) is 2. The van der Waals surface area contributed by atoms with E-state index in [0.29, 0.717) is 30.8 Å². The Balaban J connectivity index is 1.59. The van der Waals surface area contributed by atoms with E-state index in [9.17, 15) is 12.8 Å². The molecule has 0 radical (unpaired) electrons. The van der Waals surface area contributed by atoms with Crippen molar-refractivity contribution in [1.29, 1.82) is 0 Å². The van der Waals surface area contributed by atoms with E-state index in [1.165, 1.54) is 17.7 Å². The topological polar surface area (TPSA) is 78.1 Å². The first-order chi connectivity index (χ1) is 17.9. The third-order valence-electron chi connectivity index (χ3n) is 7.92. The van der Waals surface area contributed by atoms with E-state index >= 15 is 0 Å². The van der Waals surface area contributed by atoms with Gasteiger partial charge in [0.05, 0.1) is 16.8 Å². The molecule has 2 aromatic carbocycles. The van der Waals surface area contributed by atoms with Gasteiger partial charge in [-0.2, -0.15) is 9.40 Å². The van der Waals surface area contributed by atoms with Crippen molar-refractivity contribution in [2.24, 2.45) is 5.41 Å². The molecule has 6 nitrogen and oxygen atoms in total. The van der Waals surface area contributed by atoms with Crippen LogP contribution >= 0.6 is 0 Å². The van der Waals surface area contributed by atoms with E-state index in [0.717, 1.165) is 22.4 Å². The fourth-order valence-electron chi connectivity index (χ4n) is 5.90. The van der Waals surface area contributed by atoms with Gasteiger partial charge in [0.15, 0.2) is 0 Å². The highest BCUT2D eigenvalue weighted by molar-refractivity contribution is 7.89. The first kappa shape index (κ1) is 26.8. The highest BCUT2D eigenvalue weighted by atomic mass is 32.2. The average Bonchev–Trinajstić information content (AvgIpc) is 3.32. The largest absolute Gasteiger partial charge is 0.307 e. The van der Waals surface area contributed by atoms with Crippen LogP contribution in [-0.2, 0) is 21.9 Å². The first-order valence-corrected chi connectivity index (χ1v) is 14.7. The molecule has 1 aliphatic heterocycles. The lowest BCUT2D eigenvalue weighted by Crippen LogP contribution is -2.55. The number of halogens is 1. The van der Waals surface area contributed by atoms with Crippen LogP contribution in [0.2, 0.25) is 0 Å². The van der Waals surface area contributed by atoms with E-state index in [1.807, 2.05) is 30.5 Å². The Hall–Kier alpha value is -2.81. The van der Waals surface area contributed by atoms with Gasteiger partial charge in [-0.15, -0.1) is 0 Å². The van der Waals surface area contributed by atoms with Gasteiger partial charge in [0, 0.05) is 30.6 Å². The molecule has 0 bridgehead atoms.